The topological polar surface area (TPSA) is 88.4 Å². The predicted octanol–water partition coefficient (Wildman–Crippen LogP) is 12.1. The highest BCUT2D eigenvalue weighted by molar-refractivity contribution is 7.42. The average molecular weight is 713 g/mol. The molecule has 0 saturated heterocycles. The lowest BCUT2D eigenvalue weighted by Crippen LogP contribution is -2.13. The first-order valence-electron chi connectivity index (χ1n) is 17.4. The lowest BCUT2D eigenvalue weighted by molar-refractivity contribution is 0.261. The first-order valence-corrected chi connectivity index (χ1v) is 18.5. The van der Waals surface area contributed by atoms with Crippen molar-refractivity contribution in [3.8, 4) is 17.2 Å². The molecular weight excluding hydrogens is 667 g/mol. The molecule has 3 aromatic rings. The number of hydrogen-bond donors (Lipinski definition) is 3. The number of rotatable bonds is 9. The number of allylic oxidation sites excluding steroid dienone is 15. The van der Waals surface area contributed by atoms with Gasteiger partial charge in [0.25, 0.3) is 0 Å². The highest BCUT2D eigenvalue weighted by Crippen LogP contribution is 2.55. The van der Waals surface area contributed by atoms with Gasteiger partial charge in [0.05, 0.1) is 0 Å². The van der Waals surface area contributed by atoms with Crippen LogP contribution in [0.5, 0.6) is 17.2 Å². The Morgan fingerprint density at radius 2 is 0.673 bits per heavy atom. The average Bonchev–Trinajstić information content (AvgIpc) is 3.12. The van der Waals surface area contributed by atoms with Crippen molar-refractivity contribution >= 4 is 8.60 Å². The van der Waals surface area contributed by atoms with Crippen LogP contribution in [0, 0.1) is 0 Å². The zero-order valence-electron chi connectivity index (χ0n) is 30.4. The van der Waals surface area contributed by atoms with Gasteiger partial charge in [0.2, 0.25) is 0 Å². The van der Waals surface area contributed by atoms with Crippen molar-refractivity contribution in [1.29, 1.82) is 0 Å². The van der Waals surface area contributed by atoms with Crippen LogP contribution >= 0.6 is 8.60 Å². The highest BCUT2D eigenvalue weighted by Gasteiger charge is 2.34. The smallest absolute Gasteiger partial charge is 0.508 e. The fraction of sp³-hybridized carbons (Fsp3) is 0.200. The molecule has 0 bridgehead atoms. The lowest BCUT2D eigenvalue weighted by Gasteiger charge is -2.31. The lowest BCUT2D eigenvalue weighted by atomic mass is 9.84. The van der Waals surface area contributed by atoms with E-state index in [-0.39, 0.29) is 35.0 Å². The van der Waals surface area contributed by atoms with Crippen LogP contribution in [-0.2, 0) is 13.6 Å². The van der Waals surface area contributed by atoms with Crippen molar-refractivity contribution in [3.05, 3.63) is 195 Å². The van der Waals surface area contributed by atoms with Gasteiger partial charge in [-0.1, -0.05) is 89.6 Å². The van der Waals surface area contributed by atoms with E-state index in [1.807, 2.05) is 72.9 Å². The summed E-state index contributed by atoms with van der Waals surface area (Å²) in [6.07, 6.45) is 18.2. The monoisotopic (exact) mass is 712 g/mol. The van der Waals surface area contributed by atoms with E-state index in [9.17, 15) is 15.3 Å². The standard InChI is InChI=1S/C45H45O6P/c1-28(2)43-37(31-16-22-34(46)23-17-31)10-7-13-40(43)49-52(50-41-14-8-11-38(44(41)29(3)4)32-18-24-35(47)25-19-32)51-42-15-9-12-39(45(42)30(5)6)33-20-26-36(48)27-21-33/h7-27,37-39,46-48H,1-6H3. The van der Waals surface area contributed by atoms with Crippen molar-refractivity contribution in [2.24, 2.45) is 0 Å². The number of benzene rings is 3. The maximum atomic E-state index is 9.99. The van der Waals surface area contributed by atoms with Gasteiger partial charge in [-0.2, -0.15) is 0 Å². The van der Waals surface area contributed by atoms with Crippen LogP contribution in [0.3, 0.4) is 0 Å². The maximum absolute atomic E-state index is 9.99. The molecule has 0 aliphatic heterocycles. The Morgan fingerprint density at radius 3 is 0.904 bits per heavy atom. The van der Waals surface area contributed by atoms with Gasteiger partial charge in [0, 0.05) is 34.5 Å². The van der Waals surface area contributed by atoms with E-state index < -0.39 is 8.60 Å². The summed E-state index contributed by atoms with van der Waals surface area (Å²) in [4.78, 5) is 0. The normalized spacial score (nSPS) is 20.1. The molecule has 0 saturated carbocycles. The SMILES string of the molecule is CC(C)=C1C(OP(OC2=CC=CC(c3ccc(O)cc3)C2=C(C)C)OC2=CC=CC(c3ccc(O)cc3)C2=C(C)C)=CC=CC1c1ccc(O)cc1. The molecule has 3 unspecified atom stereocenters. The third kappa shape index (κ3) is 8.03. The van der Waals surface area contributed by atoms with Crippen LogP contribution in [-0.4, -0.2) is 15.3 Å². The first-order chi connectivity index (χ1) is 25.0. The molecule has 0 aromatic heterocycles. The first kappa shape index (κ1) is 36.3. The van der Waals surface area contributed by atoms with Crippen LogP contribution < -0.4 is 0 Å². The summed E-state index contributed by atoms with van der Waals surface area (Å²) in [6.45, 7) is 12.4. The minimum absolute atomic E-state index is 0.101. The molecule has 0 radical (unpaired) electrons. The van der Waals surface area contributed by atoms with E-state index >= 15 is 0 Å². The number of hydrogen-bond acceptors (Lipinski definition) is 6. The van der Waals surface area contributed by atoms with Gasteiger partial charge in [0.1, 0.15) is 34.5 Å². The molecule has 3 N–H and O–H groups in total. The minimum atomic E-state index is -2.09. The quantitative estimate of drug-likeness (QED) is 0.191. The van der Waals surface area contributed by atoms with Gasteiger partial charge in [-0.05, 0) is 113 Å². The van der Waals surface area contributed by atoms with Crippen molar-refractivity contribution in [3.63, 3.8) is 0 Å². The van der Waals surface area contributed by atoms with Crippen molar-refractivity contribution in [1.82, 2.24) is 0 Å². The Balaban J connectivity index is 1.38. The summed E-state index contributed by atoms with van der Waals surface area (Å²) >= 11 is 0. The van der Waals surface area contributed by atoms with Gasteiger partial charge >= 0.3 is 8.60 Å². The van der Waals surface area contributed by atoms with Crippen LogP contribution in [0.2, 0.25) is 0 Å². The van der Waals surface area contributed by atoms with E-state index in [1.165, 1.54) is 0 Å². The van der Waals surface area contributed by atoms with Crippen molar-refractivity contribution in [2.75, 3.05) is 0 Å². The summed E-state index contributed by atoms with van der Waals surface area (Å²) < 4.78 is 20.7. The minimum Gasteiger partial charge on any atom is -0.508 e. The molecule has 3 atom stereocenters. The number of phenolic OH excluding ortho intramolecular Hbond substituents is 3. The molecule has 3 aromatic carbocycles. The number of phenols is 3. The van der Waals surface area contributed by atoms with Gasteiger partial charge in [-0.15, -0.1) is 0 Å². The second kappa shape index (κ2) is 15.8. The molecule has 7 heteroatoms. The third-order valence-corrected chi connectivity index (χ3v) is 10.3. The largest absolute Gasteiger partial charge is 0.530 e. The molecule has 0 spiro atoms. The van der Waals surface area contributed by atoms with E-state index in [1.54, 1.807) is 36.4 Å². The summed E-state index contributed by atoms with van der Waals surface area (Å²) in [5.41, 5.74) is 9.31. The molecule has 266 valence electrons. The second-order valence-corrected chi connectivity index (χ2v) is 14.7. The zero-order valence-corrected chi connectivity index (χ0v) is 31.3. The Kier molecular flexibility index (Phi) is 11.1. The van der Waals surface area contributed by atoms with Crippen LogP contribution in [0.4, 0.5) is 0 Å². The summed E-state index contributed by atoms with van der Waals surface area (Å²) in [7, 11) is -2.09. The molecular formula is C45H45O6P. The third-order valence-electron chi connectivity index (χ3n) is 9.27. The summed E-state index contributed by atoms with van der Waals surface area (Å²) in [6, 6.07) is 21.8. The summed E-state index contributed by atoms with van der Waals surface area (Å²) in [5.74, 6) is 2.28. The van der Waals surface area contributed by atoms with E-state index in [0.29, 0.717) is 17.3 Å². The maximum Gasteiger partial charge on any atom is 0.530 e. The van der Waals surface area contributed by atoms with Crippen LogP contribution in [0.15, 0.2) is 178 Å². The molecule has 3 aliphatic carbocycles. The van der Waals surface area contributed by atoms with Gasteiger partial charge in [-0.3, -0.25) is 0 Å². The Hall–Kier alpha value is -5.45. The van der Waals surface area contributed by atoms with E-state index in [4.69, 9.17) is 13.6 Å². The molecule has 52 heavy (non-hydrogen) atoms. The van der Waals surface area contributed by atoms with Crippen LogP contribution in [0.1, 0.15) is 76.0 Å². The fourth-order valence-corrected chi connectivity index (χ4v) is 7.94. The highest BCUT2D eigenvalue weighted by atomic mass is 31.2. The molecule has 3 aliphatic rings. The Morgan fingerprint density at radius 1 is 0.423 bits per heavy atom. The van der Waals surface area contributed by atoms with Crippen LogP contribution in [0.25, 0.3) is 0 Å². The molecule has 0 fully saturated rings. The second-order valence-electron chi connectivity index (χ2n) is 13.7. The summed E-state index contributed by atoms with van der Waals surface area (Å²) in [5, 5.41) is 30.0. The fourth-order valence-electron chi connectivity index (χ4n) is 6.87. The zero-order chi connectivity index (χ0) is 36.9. The van der Waals surface area contributed by atoms with Gasteiger partial charge < -0.3 is 28.9 Å². The Bertz CT molecular complexity index is 1830. The molecule has 6 rings (SSSR count). The number of aromatic hydroxyl groups is 3. The van der Waals surface area contributed by atoms with Gasteiger partial charge in [0.15, 0.2) is 0 Å². The van der Waals surface area contributed by atoms with Crippen molar-refractivity contribution in [2.45, 2.75) is 59.3 Å². The molecule has 6 nitrogen and oxygen atoms in total. The van der Waals surface area contributed by atoms with Crippen molar-refractivity contribution < 1.29 is 28.9 Å². The molecule has 0 amide bonds. The molecule has 0 heterocycles. The van der Waals surface area contributed by atoms with E-state index in [0.717, 1.165) is 50.1 Å². The van der Waals surface area contributed by atoms with Gasteiger partial charge in [-0.25, -0.2) is 0 Å². The van der Waals surface area contributed by atoms with E-state index in [2.05, 4.69) is 59.8 Å². The Labute approximate surface area is 308 Å². The predicted molar refractivity (Wildman–Crippen MR) is 210 cm³/mol.